The number of non-ortho nitro benzene ring substituents is 1. The van der Waals surface area contributed by atoms with E-state index in [0.717, 1.165) is 11.3 Å². The first-order valence-electron chi connectivity index (χ1n) is 6.52. The van der Waals surface area contributed by atoms with Crippen molar-refractivity contribution in [2.45, 2.75) is 33.4 Å². The van der Waals surface area contributed by atoms with Crippen molar-refractivity contribution in [3.63, 3.8) is 0 Å². The first-order valence-corrected chi connectivity index (χ1v) is 6.52. The van der Waals surface area contributed by atoms with Crippen LogP contribution in [-0.2, 0) is 6.54 Å². The summed E-state index contributed by atoms with van der Waals surface area (Å²) in [5, 5.41) is 13.9. The number of nitrogens with one attached hydrogen (secondary N) is 1. The SMILES string of the molecule is CNc1ccc([N+](=O)[O-])cc1CN(C)C(C)C(C)C. The number of hydrogen-bond donors (Lipinski definition) is 1. The van der Waals surface area contributed by atoms with Gasteiger partial charge in [0.05, 0.1) is 4.92 Å². The Morgan fingerprint density at radius 2 is 2.00 bits per heavy atom. The maximum atomic E-state index is 10.9. The second-order valence-electron chi connectivity index (χ2n) is 5.25. The molecule has 19 heavy (non-hydrogen) atoms. The van der Waals surface area contributed by atoms with Gasteiger partial charge in [-0.2, -0.15) is 0 Å². The monoisotopic (exact) mass is 265 g/mol. The predicted molar refractivity (Wildman–Crippen MR) is 78.4 cm³/mol. The van der Waals surface area contributed by atoms with Crippen molar-refractivity contribution in [1.29, 1.82) is 0 Å². The lowest BCUT2D eigenvalue weighted by molar-refractivity contribution is -0.384. The van der Waals surface area contributed by atoms with E-state index in [-0.39, 0.29) is 10.6 Å². The van der Waals surface area contributed by atoms with Gasteiger partial charge < -0.3 is 5.32 Å². The number of nitro groups is 1. The van der Waals surface area contributed by atoms with Crippen LogP contribution in [0.3, 0.4) is 0 Å². The third kappa shape index (κ3) is 3.92. The molecule has 0 saturated carbocycles. The van der Waals surface area contributed by atoms with E-state index in [2.05, 4.69) is 31.0 Å². The van der Waals surface area contributed by atoms with Crippen molar-refractivity contribution in [1.82, 2.24) is 4.90 Å². The minimum absolute atomic E-state index is 0.139. The summed E-state index contributed by atoms with van der Waals surface area (Å²) < 4.78 is 0. The molecule has 0 amide bonds. The van der Waals surface area contributed by atoms with Gasteiger partial charge in [0.1, 0.15) is 0 Å². The largest absolute Gasteiger partial charge is 0.388 e. The van der Waals surface area contributed by atoms with Crippen molar-refractivity contribution in [2.24, 2.45) is 5.92 Å². The van der Waals surface area contributed by atoms with Crippen LogP contribution in [0.1, 0.15) is 26.3 Å². The van der Waals surface area contributed by atoms with Crippen LogP contribution in [0.15, 0.2) is 18.2 Å². The zero-order valence-electron chi connectivity index (χ0n) is 12.3. The molecule has 1 N–H and O–H groups in total. The molecule has 5 nitrogen and oxygen atoms in total. The average Bonchev–Trinajstić information content (AvgIpc) is 2.37. The average molecular weight is 265 g/mol. The molecule has 1 atom stereocenters. The molecule has 0 aliphatic rings. The molecule has 0 spiro atoms. The smallest absolute Gasteiger partial charge is 0.269 e. The molecule has 0 bridgehead atoms. The van der Waals surface area contributed by atoms with Gasteiger partial charge in [0, 0.05) is 37.5 Å². The Hall–Kier alpha value is -1.62. The summed E-state index contributed by atoms with van der Waals surface area (Å²) in [4.78, 5) is 12.7. The second-order valence-corrected chi connectivity index (χ2v) is 5.25. The Morgan fingerprint density at radius 1 is 1.37 bits per heavy atom. The first-order chi connectivity index (χ1) is 8.86. The maximum absolute atomic E-state index is 10.9. The number of nitrogens with zero attached hydrogens (tertiary/aromatic N) is 2. The van der Waals surface area contributed by atoms with Crippen molar-refractivity contribution in [2.75, 3.05) is 19.4 Å². The van der Waals surface area contributed by atoms with Gasteiger partial charge in [0.2, 0.25) is 0 Å². The Labute approximate surface area is 114 Å². The molecular formula is C14H23N3O2. The van der Waals surface area contributed by atoms with Crippen LogP contribution in [0.4, 0.5) is 11.4 Å². The lowest BCUT2D eigenvalue weighted by Gasteiger charge is -2.28. The van der Waals surface area contributed by atoms with Gasteiger partial charge in [0.15, 0.2) is 0 Å². The van der Waals surface area contributed by atoms with E-state index in [1.807, 2.05) is 14.1 Å². The molecule has 0 fully saturated rings. The normalized spacial score (nSPS) is 12.8. The zero-order chi connectivity index (χ0) is 14.6. The van der Waals surface area contributed by atoms with E-state index in [9.17, 15) is 10.1 Å². The van der Waals surface area contributed by atoms with Gasteiger partial charge in [-0.15, -0.1) is 0 Å². The van der Waals surface area contributed by atoms with Crippen LogP contribution in [0.2, 0.25) is 0 Å². The Kier molecular flexibility index (Phi) is 5.30. The minimum atomic E-state index is -0.352. The molecule has 1 aromatic rings. The summed E-state index contributed by atoms with van der Waals surface area (Å²) in [6.45, 7) is 7.21. The van der Waals surface area contributed by atoms with E-state index in [4.69, 9.17) is 0 Å². The molecule has 0 heterocycles. The zero-order valence-corrected chi connectivity index (χ0v) is 12.3. The summed E-state index contributed by atoms with van der Waals surface area (Å²) in [7, 11) is 3.87. The highest BCUT2D eigenvalue weighted by atomic mass is 16.6. The number of rotatable bonds is 6. The molecule has 0 aliphatic carbocycles. The number of hydrogen-bond acceptors (Lipinski definition) is 4. The van der Waals surface area contributed by atoms with Crippen LogP contribution < -0.4 is 5.32 Å². The highest BCUT2D eigenvalue weighted by Crippen LogP contribution is 2.24. The van der Waals surface area contributed by atoms with E-state index >= 15 is 0 Å². The van der Waals surface area contributed by atoms with Gasteiger partial charge in [-0.1, -0.05) is 13.8 Å². The molecule has 0 aromatic heterocycles. The molecule has 5 heteroatoms. The Balaban J connectivity index is 2.97. The summed E-state index contributed by atoms with van der Waals surface area (Å²) in [6.07, 6.45) is 0. The third-order valence-electron chi connectivity index (χ3n) is 3.65. The molecule has 1 rings (SSSR count). The Bertz CT molecular complexity index is 446. The van der Waals surface area contributed by atoms with E-state index in [0.29, 0.717) is 18.5 Å². The topological polar surface area (TPSA) is 58.4 Å². The molecule has 1 aromatic carbocycles. The summed E-state index contributed by atoms with van der Waals surface area (Å²) in [5.74, 6) is 0.543. The standard InChI is InChI=1S/C14H23N3O2/c1-10(2)11(3)16(5)9-12-8-13(17(18)19)6-7-14(12)15-4/h6-8,10-11,15H,9H2,1-5H3. The summed E-state index contributed by atoms with van der Waals surface area (Å²) in [5.41, 5.74) is 2.03. The summed E-state index contributed by atoms with van der Waals surface area (Å²) >= 11 is 0. The molecular weight excluding hydrogens is 242 g/mol. The minimum Gasteiger partial charge on any atom is -0.388 e. The molecule has 0 saturated heterocycles. The molecule has 0 aliphatic heterocycles. The lowest BCUT2D eigenvalue weighted by atomic mass is 10.0. The number of benzene rings is 1. The van der Waals surface area contributed by atoms with Gasteiger partial charge in [-0.3, -0.25) is 15.0 Å². The quantitative estimate of drug-likeness (QED) is 0.634. The fourth-order valence-corrected chi connectivity index (χ4v) is 1.99. The van der Waals surface area contributed by atoms with Gasteiger partial charge in [-0.05, 0) is 31.5 Å². The lowest BCUT2D eigenvalue weighted by Crippen LogP contribution is -2.32. The van der Waals surface area contributed by atoms with Crippen LogP contribution in [-0.4, -0.2) is 30.0 Å². The van der Waals surface area contributed by atoms with Crippen molar-refractivity contribution < 1.29 is 4.92 Å². The van der Waals surface area contributed by atoms with Gasteiger partial charge in [-0.25, -0.2) is 0 Å². The maximum Gasteiger partial charge on any atom is 0.269 e. The van der Waals surface area contributed by atoms with Gasteiger partial charge >= 0.3 is 0 Å². The van der Waals surface area contributed by atoms with Crippen LogP contribution >= 0.6 is 0 Å². The molecule has 0 radical (unpaired) electrons. The van der Waals surface area contributed by atoms with Gasteiger partial charge in [0.25, 0.3) is 5.69 Å². The highest BCUT2D eigenvalue weighted by molar-refractivity contribution is 5.55. The second kappa shape index (κ2) is 6.52. The Morgan fingerprint density at radius 3 is 2.47 bits per heavy atom. The fraction of sp³-hybridized carbons (Fsp3) is 0.571. The third-order valence-corrected chi connectivity index (χ3v) is 3.65. The van der Waals surface area contributed by atoms with Crippen LogP contribution in [0.5, 0.6) is 0 Å². The fourth-order valence-electron chi connectivity index (χ4n) is 1.99. The van der Waals surface area contributed by atoms with Crippen molar-refractivity contribution in [3.8, 4) is 0 Å². The number of nitro benzene ring substituents is 1. The van der Waals surface area contributed by atoms with Crippen molar-refractivity contribution >= 4 is 11.4 Å². The summed E-state index contributed by atoms with van der Waals surface area (Å²) in [6, 6.07) is 5.36. The van der Waals surface area contributed by atoms with E-state index in [1.54, 1.807) is 12.1 Å². The van der Waals surface area contributed by atoms with Crippen molar-refractivity contribution in [3.05, 3.63) is 33.9 Å². The molecule has 1 unspecified atom stereocenters. The van der Waals surface area contributed by atoms with Crippen LogP contribution in [0, 0.1) is 16.0 Å². The predicted octanol–water partition coefficient (Wildman–Crippen LogP) is 3.11. The molecule has 106 valence electrons. The van der Waals surface area contributed by atoms with E-state index < -0.39 is 0 Å². The highest BCUT2D eigenvalue weighted by Gasteiger charge is 2.16. The van der Waals surface area contributed by atoms with E-state index in [1.165, 1.54) is 6.07 Å². The van der Waals surface area contributed by atoms with Crippen LogP contribution in [0.25, 0.3) is 0 Å². The number of anilines is 1. The first kappa shape index (κ1) is 15.4.